The fraction of sp³-hybridized carbons (Fsp3) is 1.00. The maximum absolute atomic E-state index is 9.44. The van der Waals surface area contributed by atoms with Crippen LogP contribution in [0.1, 0.15) is 19.8 Å². The van der Waals surface area contributed by atoms with Crippen molar-refractivity contribution in [3.63, 3.8) is 0 Å². The molecule has 0 aromatic heterocycles. The van der Waals surface area contributed by atoms with Gasteiger partial charge in [0.1, 0.15) is 0 Å². The molecule has 1 fully saturated rings. The van der Waals surface area contributed by atoms with Gasteiger partial charge < -0.3 is 14.6 Å². The molecule has 0 saturated carbocycles. The monoisotopic (exact) mass is 162 g/mol. The highest BCUT2D eigenvalue weighted by molar-refractivity contribution is 4.76. The van der Waals surface area contributed by atoms with Gasteiger partial charge in [-0.25, -0.2) is 0 Å². The van der Waals surface area contributed by atoms with E-state index in [1.165, 1.54) is 7.11 Å². The Bertz CT molecular complexity index is 133. The molecule has 1 heterocycles. The quantitative estimate of drug-likeness (QED) is 0.599. The summed E-state index contributed by atoms with van der Waals surface area (Å²) in [6.07, 6.45) is 1.07. The Labute approximate surface area is 66.1 Å². The van der Waals surface area contributed by atoms with Crippen molar-refractivity contribution in [3.8, 4) is 0 Å². The second kappa shape index (κ2) is 2.71. The summed E-state index contributed by atoms with van der Waals surface area (Å²) in [6, 6.07) is 0. The van der Waals surface area contributed by atoms with Crippen molar-refractivity contribution in [1.82, 2.24) is 0 Å². The van der Waals surface area contributed by atoms with Gasteiger partial charge in [-0.3, -0.25) is 4.74 Å². The predicted molar refractivity (Wildman–Crippen MR) is 37.7 cm³/mol. The molecule has 1 rings (SSSR count). The van der Waals surface area contributed by atoms with E-state index in [1.807, 2.05) is 0 Å². The maximum atomic E-state index is 9.44. The SMILES string of the molecule is COC1(C)CCC(O)(OC)O1. The molecule has 0 aliphatic carbocycles. The number of rotatable bonds is 2. The first kappa shape index (κ1) is 8.93. The third-order valence-corrected chi connectivity index (χ3v) is 2.02. The van der Waals surface area contributed by atoms with Gasteiger partial charge in [0, 0.05) is 27.1 Å². The van der Waals surface area contributed by atoms with Crippen molar-refractivity contribution in [2.45, 2.75) is 31.5 Å². The van der Waals surface area contributed by atoms with Gasteiger partial charge in [-0.15, -0.1) is 0 Å². The van der Waals surface area contributed by atoms with Crippen LogP contribution in [-0.2, 0) is 14.2 Å². The molecule has 2 atom stereocenters. The molecule has 1 saturated heterocycles. The Morgan fingerprint density at radius 3 is 2.18 bits per heavy atom. The van der Waals surface area contributed by atoms with Gasteiger partial charge in [0.2, 0.25) is 0 Å². The van der Waals surface area contributed by atoms with E-state index in [1.54, 1.807) is 14.0 Å². The summed E-state index contributed by atoms with van der Waals surface area (Å²) in [5, 5.41) is 9.44. The molecule has 0 bridgehead atoms. The molecule has 11 heavy (non-hydrogen) atoms. The summed E-state index contributed by atoms with van der Waals surface area (Å²) in [5.74, 6) is -2.16. The first-order chi connectivity index (χ1) is 5.04. The molecule has 0 radical (unpaired) electrons. The van der Waals surface area contributed by atoms with Gasteiger partial charge in [-0.2, -0.15) is 0 Å². The van der Waals surface area contributed by atoms with Crippen LogP contribution in [-0.4, -0.2) is 31.1 Å². The predicted octanol–water partition coefficient (Wildman–Crippen LogP) is 0.452. The fourth-order valence-electron chi connectivity index (χ4n) is 1.11. The van der Waals surface area contributed by atoms with Gasteiger partial charge in [0.15, 0.2) is 5.79 Å². The summed E-state index contributed by atoms with van der Waals surface area (Å²) in [7, 11) is 2.95. The van der Waals surface area contributed by atoms with E-state index >= 15 is 0 Å². The van der Waals surface area contributed by atoms with Crippen LogP contribution in [0.25, 0.3) is 0 Å². The second-order valence-corrected chi connectivity index (χ2v) is 2.86. The first-order valence-electron chi connectivity index (χ1n) is 3.56. The van der Waals surface area contributed by atoms with Gasteiger partial charge >= 0.3 is 0 Å². The fourth-order valence-corrected chi connectivity index (χ4v) is 1.11. The van der Waals surface area contributed by atoms with Crippen LogP contribution in [0.3, 0.4) is 0 Å². The van der Waals surface area contributed by atoms with Crippen LogP contribution in [0.2, 0.25) is 0 Å². The third kappa shape index (κ3) is 1.70. The van der Waals surface area contributed by atoms with Crippen LogP contribution < -0.4 is 0 Å². The summed E-state index contributed by atoms with van der Waals surface area (Å²) in [5.41, 5.74) is 0. The van der Waals surface area contributed by atoms with E-state index < -0.39 is 11.8 Å². The lowest BCUT2D eigenvalue weighted by Crippen LogP contribution is -2.36. The van der Waals surface area contributed by atoms with E-state index in [0.29, 0.717) is 12.8 Å². The van der Waals surface area contributed by atoms with Crippen molar-refractivity contribution in [3.05, 3.63) is 0 Å². The zero-order valence-electron chi connectivity index (χ0n) is 7.09. The van der Waals surface area contributed by atoms with E-state index in [9.17, 15) is 5.11 Å². The number of methoxy groups -OCH3 is 2. The van der Waals surface area contributed by atoms with Crippen LogP contribution in [0.5, 0.6) is 0 Å². The van der Waals surface area contributed by atoms with Crippen molar-refractivity contribution in [2.24, 2.45) is 0 Å². The summed E-state index contributed by atoms with van der Waals surface area (Å²) < 4.78 is 14.9. The number of aliphatic hydroxyl groups is 1. The molecule has 2 unspecified atom stereocenters. The summed E-state index contributed by atoms with van der Waals surface area (Å²) in [6.45, 7) is 1.77. The van der Waals surface area contributed by atoms with Crippen LogP contribution in [0, 0.1) is 0 Å². The lowest BCUT2D eigenvalue weighted by Gasteiger charge is -2.26. The van der Waals surface area contributed by atoms with Gasteiger partial charge in [0.05, 0.1) is 0 Å². The highest BCUT2D eigenvalue weighted by Gasteiger charge is 2.46. The molecule has 1 aliphatic rings. The Morgan fingerprint density at radius 1 is 1.27 bits per heavy atom. The van der Waals surface area contributed by atoms with Gasteiger partial charge in [-0.1, -0.05) is 0 Å². The lowest BCUT2D eigenvalue weighted by atomic mass is 10.2. The minimum absolute atomic E-state index is 0.438. The van der Waals surface area contributed by atoms with Crippen molar-refractivity contribution < 1.29 is 19.3 Å². The third-order valence-electron chi connectivity index (χ3n) is 2.02. The molecule has 0 amide bonds. The molecule has 1 N–H and O–H groups in total. The minimum Gasteiger partial charge on any atom is -0.353 e. The summed E-state index contributed by atoms with van der Waals surface area (Å²) in [4.78, 5) is 0. The molecule has 0 aromatic rings. The molecule has 0 aromatic carbocycles. The molecular weight excluding hydrogens is 148 g/mol. The topological polar surface area (TPSA) is 47.9 Å². The zero-order valence-corrected chi connectivity index (χ0v) is 7.09. The van der Waals surface area contributed by atoms with Crippen LogP contribution in [0.4, 0.5) is 0 Å². The number of ether oxygens (including phenoxy) is 3. The van der Waals surface area contributed by atoms with Crippen molar-refractivity contribution in [1.29, 1.82) is 0 Å². The Morgan fingerprint density at radius 2 is 1.91 bits per heavy atom. The average molecular weight is 162 g/mol. The summed E-state index contributed by atoms with van der Waals surface area (Å²) >= 11 is 0. The van der Waals surface area contributed by atoms with Gasteiger partial charge in [0.25, 0.3) is 5.97 Å². The van der Waals surface area contributed by atoms with Crippen molar-refractivity contribution in [2.75, 3.05) is 14.2 Å². The second-order valence-electron chi connectivity index (χ2n) is 2.86. The van der Waals surface area contributed by atoms with Crippen LogP contribution in [0.15, 0.2) is 0 Å². The highest BCUT2D eigenvalue weighted by atomic mass is 16.9. The molecular formula is C7H14O4. The largest absolute Gasteiger partial charge is 0.353 e. The van der Waals surface area contributed by atoms with E-state index in [-0.39, 0.29) is 0 Å². The zero-order chi connectivity index (χ0) is 8.54. The molecule has 66 valence electrons. The van der Waals surface area contributed by atoms with E-state index in [2.05, 4.69) is 0 Å². The standard InChI is InChI=1S/C7H14O4/c1-6(9-2)4-5-7(8,10-3)11-6/h8H,4-5H2,1-3H3. The molecule has 4 nitrogen and oxygen atoms in total. The minimum atomic E-state index is -1.45. The molecule has 0 spiro atoms. The van der Waals surface area contributed by atoms with Crippen LogP contribution >= 0.6 is 0 Å². The highest BCUT2D eigenvalue weighted by Crippen LogP contribution is 2.36. The van der Waals surface area contributed by atoms with Gasteiger partial charge in [-0.05, 0) is 6.92 Å². The first-order valence-corrected chi connectivity index (χ1v) is 3.56. The normalized spacial score (nSPS) is 44.7. The van der Waals surface area contributed by atoms with E-state index in [0.717, 1.165) is 0 Å². The lowest BCUT2D eigenvalue weighted by molar-refractivity contribution is -0.386. The number of hydrogen-bond donors (Lipinski definition) is 1. The smallest absolute Gasteiger partial charge is 0.282 e. The van der Waals surface area contributed by atoms with Crippen molar-refractivity contribution >= 4 is 0 Å². The number of hydrogen-bond acceptors (Lipinski definition) is 4. The average Bonchev–Trinajstić information content (AvgIpc) is 2.30. The Balaban J connectivity index is 2.58. The molecule has 4 heteroatoms. The van der Waals surface area contributed by atoms with E-state index in [4.69, 9.17) is 14.2 Å². The molecule has 1 aliphatic heterocycles. The Hall–Kier alpha value is -0.160. The maximum Gasteiger partial charge on any atom is 0.282 e. The Kier molecular flexibility index (Phi) is 2.20.